The van der Waals surface area contributed by atoms with Gasteiger partial charge in [-0.3, -0.25) is 0 Å². The summed E-state index contributed by atoms with van der Waals surface area (Å²) in [5.74, 6) is 0.311. The SMILES string of the molecule is CCCNCc1nnc(N(C)Cc2cccc(F)c2)o1. The third-order valence-corrected chi connectivity index (χ3v) is 2.79. The van der Waals surface area contributed by atoms with Gasteiger partial charge in [0, 0.05) is 13.6 Å². The van der Waals surface area contributed by atoms with Crippen molar-refractivity contribution in [2.24, 2.45) is 0 Å². The number of rotatable bonds is 7. The molecule has 1 heterocycles. The molecule has 2 rings (SSSR count). The van der Waals surface area contributed by atoms with Gasteiger partial charge in [-0.2, -0.15) is 0 Å². The van der Waals surface area contributed by atoms with Crippen molar-refractivity contribution in [1.82, 2.24) is 15.5 Å². The molecule has 0 unspecified atom stereocenters. The van der Waals surface area contributed by atoms with E-state index in [0.717, 1.165) is 18.5 Å². The highest BCUT2D eigenvalue weighted by atomic mass is 19.1. The zero-order valence-corrected chi connectivity index (χ0v) is 11.8. The van der Waals surface area contributed by atoms with Crippen molar-refractivity contribution < 1.29 is 8.81 Å². The second-order valence-electron chi connectivity index (χ2n) is 4.64. The first-order chi connectivity index (χ1) is 9.69. The Kier molecular flexibility index (Phi) is 5.06. The standard InChI is InChI=1S/C14H19FN4O/c1-3-7-16-9-13-17-18-14(20-13)19(2)10-11-5-4-6-12(15)8-11/h4-6,8,16H,3,7,9-10H2,1-2H3. The summed E-state index contributed by atoms with van der Waals surface area (Å²) >= 11 is 0. The smallest absolute Gasteiger partial charge is 0.318 e. The lowest BCUT2D eigenvalue weighted by atomic mass is 10.2. The zero-order chi connectivity index (χ0) is 14.4. The number of halogens is 1. The van der Waals surface area contributed by atoms with E-state index in [1.807, 2.05) is 13.1 Å². The third kappa shape index (κ3) is 4.03. The molecule has 6 heteroatoms. The number of benzene rings is 1. The molecular formula is C14H19FN4O. The van der Waals surface area contributed by atoms with E-state index in [-0.39, 0.29) is 5.82 Å². The summed E-state index contributed by atoms with van der Waals surface area (Å²) in [6, 6.07) is 6.90. The molecule has 5 nitrogen and oxygen atoms in total. The number of hydrogen-bond acceptors (Lipinski definition) is 5. The lowest BCUT2D eigenvalue weighted by molar-refractivity contribution is 0.465. The Morgan fingerprint density at radius 3 is 2.95 bits per heavy atom. The number of nitrogens with zero attached hydrogens (tertiary/aromatic N) is 3. The molecule has 0 spiro atoms. The van der Waals surface area contributed by atoms with Crippen LogP contribution in [0.5, 0.6) is 0 Å². The third-order valence-electron chi connectivity index (χ3n) is 2.79. The minimum atomic E-state index is -0.245. The lowest BCUT2D eigenvalue weighted by Gasteiger charge is -2.13. The molecule has 0 aliphatic rings. The molecule has 0 bridgehead atoms. The van der Waals surface area contributed by atoms with E-state index in [1.54, 1.807) is 11.0 Å². The van der Waals surface area contributed by atoms with Crippen LogP contribution in [-0.2, 0) is 13.1 Å². The number of anilines is 1. The van der Waals surface area contributed by atoms with Gasteiger partial charge in [-0.15, -0.1) is 5.10 Å². The maximum absolute atomic E-state index is 13.1. The zero-order valence-electron chi connectivity index (χ0n) is 11.8. The topological polar surface area (TPSA) is 54.2 Å². The summed E-state index contributed by atoms with van der Waals surface area (Å²) in [5, 5.41) is 11.2. The second-order valence-corrected chi connectivity index (χ2v) is 4.64. The van der Waals surface area contributed by atoms with Crippen molar-refractivity contribution in [1.29, 1.82) is 0 Å². The molecule has 1 aromatic heterocycles. The molecule has 0 radical (unpaired) electrons. The highest BCUT2D eigenvalue weighted by Crippen LogP contribution is 2.14. The Bertz CT molecular complexity index is 543. The van der Waals surface area contributed by atoms with Gasteiger partial charge in [0.05, 0.1) is 6.54 Å². The Balaban J connectivity index is 1.93. The van der Waals surface area contributed by atoms with Crippen LogP contribution in [0.25, 0.3) is 0 Å². The van der Waals surface area contributed by atoms with Gasteiger partial charge in [-0.25, -0.2) is 4.39 Å². The van der Waals surface area contributed by atoms with Crippen molar-refractivity contribution in [3.8, 4) is 0 Å². The summed E-state index contributed by atoms with van der Waals surface area (Å²) in [6.07, 6.45) is 1.06. The van der Waals surface area contributed by atoms with E-state index in [1.165, 1.54) is 12.1 Å². The Hall–Kier alpha value is -1.95. The van der Waals surface area contributed by atoms with Gasteiger partial charge in [0.15, 0.2) is 0 Å². The molecule has 108 valence electrons. The first-order valence-corrected chi connectivity index (χ1v) is 6.67. The fourth-order valence-electron chi connectivity index (χ4n) is 1.82. The average molecular weight is 278 g/mol. The minimum absolute atomic E-state index is 0.245. The second kappa shape index (κ2) is 7.00. The van der Waals surface area contributed by atoms with Gasteiger partial charge < -0.3 is 14.6 Å². The van der Waals surface area contributed by atoms with E-state index in [2.05, 4.69) is 22.4 Å². The highest BCUT2D eigenvalue weighted by Gasteiger charge is 2.11. The molecule has 1 aromatic carbocycles. The largest absolute Gasteiger partial charge is 0.407 e. The van der Waals surface area contributed by atoms with Crippen LogP contribution in [0.1, 0.15) is 24.8 Å². The van der Waals surface area contributed by atoms with Crippen LogP contribution in [0, 0.1) is 5.82 Å². The average Bonchev–Trinajstić information content (AvgIpc) is 2.88. The Morgan fingerprint density at radius 2 is 2.20 bits per heavy atom. The normalized spacial score (nSPS) is 10.8. The van der Waals surface area contributed by atoms with Crippen LogP contribution < -0.4 is 10.2 Å². The van der Waals surface area contributed by atoms with E-state index in [9.17, 15) is 4.39 Å². The Labute approximate surface area is 117 Å². The summed E-state index contributed by atoms with van der Waals surface area (Å²) in [7, 11) is 1.83. The van der Waals surface area contributed by atoms with Crippen molar-refractivity contribution in [3.63, 3.8) is 0 Å². The maximum atomic E-state index is 13.1. The molecule has 0 fully saturated rings. The molecule has 0 amide bonds. The number of hydrogen-bond donors (Lipinski definition) is 1. The van der Waals surface area contributed by atoms with Crippen molar-refractivity contribution in [2.75, 3.05) is 18.5 Å². The first kappa shape index (κ1) is 14.5. The molecule has 20 heavy (non-hydrogen) atoms. The van der Waals surface area contributed by atoms with Crippen molar-refractivity contribution >= 4 is 6.01 Å². The van der Waals surface area contributed by atoms with Crippen molar-refractivity contribution in [3.05, 3.63) is 41.5 Å². The molecule has 0 saturated heterocycles. The number of aromatic nitrogens is 2. The summed E-state index contributed by atoms with van der Waals surface area (Å²) < 4.78 is 18.7. The Morgan fingerprint density at radius 1 is 1.35 bits per heavy atom. The number of nitrogens with one attached hydrogen (secondary N) is 1. The lowest BCUT2D eigenvalue weighted by Crippen LogP contribution is -2.16. The van der Waals surface area contributed by atoms with Crippen LogP contribution in [0.4, 0.5) is 10.4 Å². The van der Waals surface area contributed by atoms with Gasteiger partial charge in [-0.05, 0) is 30.7 Å². The van der Waals surface area contributed by atoms with Gasteiger partial charge in [-0.1, -0.05) is 24.2 Å². The molecule has 1 N–H and O–H groups in total. The predicted octanol–water partition coefficient (Wildman–Crippen LogP) is 2.34. The van der Waals surface area contributed by atoms with Crippen molar-refractivity contribution in [2.45, 2.75) is 26.4 Å². The predicted molar refractivity (Wildman–Crippen MR) is 74.8 cm³/mol. The fourth-order valence-corrected chi connectivity index (χ4v) is 1.82. The van der Waals surface area contributed by atoms with E-state index < -0.39 is 0 Å². The monoisotopic (exact) mass is 278 g/mol. The van der Waals surface area contributed by atoms with Gasteiger partial charge >= 0.3 is 6.01 Å². The van der Waals surface area contributed by atoms with Crippen LogP contribution >= 0.6 is 0 Å². The van der Waals surface area contributed by atoms with E-state index in [4.69, 9.17) is 4.42 Å². The molecule has 0 saturated carbocycles. The van der Waals surface area contributed by atoms with Gasteiger partial charge in [0.1, 0.15) is 5.82 Å². The maximum Gasteiger partial charge on any atom is 0.318 e. The summed E-state index contributed by atoms with van der Waals surface area (Å²) in [6.45, 7) is 4.09. The molecule has 0 aliphatic heterocycles. The quantitative estimate of drug-likeness (QED) is 0.788. The summed E-state index contributed by atoms with van der Waals surface area (Å²) in [5.41, 5.74) is 0.858. The highest BCUT2D eigenvalue weighted by molar-refractivity contribution is 5.27. The summed E-state index contributed by atoms with van der Waals surface area (Å²) in [4.78, 5) is 1.80. The van der Waals surface area contributed by atoms with Gasteiger partial charge in [0.25, 0.3) is 0 Å². The minimum Gasteiger partial charge on any atom is -0.407 e. The molecular weight excluding hydrogens is 259 g/mol. The molecule has 0 aliphatic carbocycles. The fraction of sp³-hybridized carbons (Fsp3) is 0.429. The van der Waals surface area contributed by atoms with Crippen LogP contribution in [0.3, 0.4) is 0 Å². The van der Waals surface area contributed by atoms with Crippen LogP contribution in [-0.4, -0.2) is 23.8 Å². The van der Waals surface area contributed by atoms with Crippen LogP contribution in [0.15, 0.2) is 28.7 Å². The van der Waals surface area contributed by atoms with Gasteiger partial charge in [0.2, 0.25) is 5.89 Å². The molecule has 0 atom stereocenters. The van der Waals surface area contributed by atoms with E-state index >= 15 is 0 Å². The van der Waals surface area contributed by atoms with Crippen LogP contribution in [0.2, 0.25) is 0 Å². The molecule has 2 aromatic rings. The van der Waals surface area contributed by atoms with E-state index in [0.29, 0.717) is 25.0 Å². The first-order valence-electron chi connectivity index (χ1n) is 6.67.